The number of thiocarbonyl (C=S) groups is 1. The van der Waals surface area contributed by atoms with Crippen molar-refractivity contribution in [2.24, 2.45) is 0 Å². The zero-order chi connectivity index (χ0) is 9.80. The number of hydrogen-bond donors (Lipinski definition) is 0. The van der Waals surface area contributed by atoms with Crippen molar-refractivity contribution >= 4 is 28.8 Å². The lowest BCUT2D eigenvalue weighted by molar-refractivity contribution is 1.01. The Labute approximate surface area is 95.2 Å². The van der Waals surface area contributed by atoms with Crippen molar-refractivity contribution in [2.45, 2.75) is 32.1 Å². The van der Waals surface area contributed by atoms with Gasteiger partial charge in [0.25, 0.3) is 0 Å². The maximum Gasteiger partial charge on any atom is -0.00223 e. The molecule has 0 aromatic heterocycles. The molecule has 74 valence electrons. The molecule has 0 aromatic rings. The molecule has 0 atom stereocenters. The standard InChI is InChI=1S/C12H14S2/c13-10-6-8-12(9-7-10)14-11-4-2-1-3-5-11/h1-2,4,8H,3,5-7,9H2. The van der Waals surface area contributed by atoms with E-state index >= 15 is 0 Å². The van der Waals surface area contributed by atoms with Crippen molar-refractivity contribution in [3.05, 3.63) is 34.1 Å². The van der Waals surface area contributed by atoms with E-state index in [2.05, 4.69) is 24.3 Å². The largest absolute Gasteiger partial charge is 0.0993 e. The third-order valence-corrected chi connectivity index (χ3v) is 4.05. The predicted molar refractivity (Wildman–Crippen MR) is 68.6 cm³/mol. The molecule has 0 aliphatic heterocycles. The Hall–Kier alpha value is -0.340. The van der Waals surface area contributed by atoms with Crippen LogP contribution in [0.2, 0.25) is 0 Å². The molecule has 0 unspecified atom stereocenters. The highest BCUT2D eigenvalue weighted by Gasteiger charge is 2.10. The van der Waals surface area contributed by atoms with Crippen LogP contribution in [0.1, 0.15) is 32.1 Å². The zero-order valence-corrected chi connectivity index (χ0v) is 9.79. The van der Waals surface area contributed by atoms with Crippen LogP contribution in [-0.2, 0) is 0 Å². The van der Waals surface area contributed by atoms with Crippen molar-refractivity contribution in [3.8, 4) is 0 Å². The average Bonchev–Trinajstić information content (AvgIpc) is 2.23. The molecule has 0 bridgehead atoms. The summed E-state index contributed by atoms with van der Waals surface area (Å²) in [5.41, 5.74) is 0. The maximum atomic E-state index is 5.18. The molecule has 0 radical (unpaired) electrons. The van der Waals surface area contributed by atoms with Crippen LogP contribution in [0.5, 0.6) is 0 Å². The van der Waals surface area contributed by atoms with Crippen LogP contribution in [0, 0.1) is 0 Å². The van der Waals surface area contributed by atoms with E-state index in [-0.39, 0.29) is 0 Å². The van der Waals surface area contributed by atoms with Gasteiger partial charge in [-0.25, -0.2) is 0 Å². The zero-order valence-electron chi connectivity index (χ0n) is 8.16. The second kappa shape index (κ2) is 4.94. The minimum Gasteiger partial charge on any atom is -0.0993 e. The van der Waals surface area contributed by atoms with E-state index in [1.807, 2.05) is 11.8 Å². The Bertz CT molecular complexity index is 321. The molecule has 14 heavy (non-hydrogen) atoms. The Kier molecular flexibility index (Phi) is 3.60. The van der Waals surface area contributed by atoms with Crippen LogP contribution in [0.3, 0.4) is 0 Å². The molecule has 0 amide bonds. The van der Waals surface area contributed by atoms with Crippen molar-refractivity contribution < 1.29 is 0 Å². The second-order valence-electron chi connectivity index (χ2n) is 3.62. The van der Waals surface area contributed by atoms with E-state index in [9.17, 15) is 0 Å². The Morgan fingerprint density at radius 2 is 2.07 bits per heavy atom. The van der Waals surface area contributed by atoms with Crippen molar-refractivity contribution in [1.29, 1.82) is 0 Å². The number of rotatable bonds is 2. The molecule has 0 aromatic carbocycles. The fraction of sp³-hybridized carbons (Fsp3) is 0.417. The Balaban J connectivity index is 1.94. The summed E-state index contributed by atoms with van der Waals surface area (Å²) in [5, 5.41) is 0. The van der Waals surface area contributed by atoms with Gasteiger partial charge in [0.1, 0.15) is 0 Å². The summed E-state index contributed by atoms with van der Waals surface area (Å²) < 4.78 is 0. The molecular weight excluding hydrogens is 208 g/mol. The first-order chi connectivity index (χ1) is 6.84. The summed E-state index contributed by atoms with van der Waals surface area (Å²) >= 11 is 7.14. The first kappa shape index (κ1) is 10.2. The fourth-order valence-corrected chi connectivity index (χ4v) is 2.88. The number of hydrogen-bond acceptors (Lipinski definition) is 2. The van der Waals surface area contributed by atoms with Gasteiger partial charge in [-0.2, -0.15) is 0 Å². The summed E-state index contributed by atoms with van der Waals surface area (Å²) in [5.74, 6) is 0. The van der Waals surface area contributed by atoms with E-state index in [4.69, 9.17) is 12.2 Å². The van der Waals surface area contributed by atoms with Gasteiger partial charge >= 0.3 is 0 Å². The molecule has 0 nitrogen and oxygen atoms in total. The van der Waals surface area contributed by atoms with Gasteiger partial charge in [0.15, 0.2) is 0 Å². The Morgan fingerprint density at radius 1 is 1.14 bits per heavy atom. The van der Waals surface area contributed by atoms with E-state index in [1.165, 1.54) is 27.5 Å². The topological polar surface area (TPSA) is 0 Å². The van der Waals surface area contributed by atoms with Crippen LogP contribution < -0.4 is 0 Å². The predicted octanol–water partition coefficient (Wildman–Crippen LogP) is 4.39. The number of allylic oxidation sites excluding steroid dienone is 6. The molecule has 0 saturated carbocycles. The van der Waals surface area contributed by atoms with Crippen LogP contribution in [0.25, 0.3) is 0 Å². The monoisotopic (exact) mass is 222 g/mol. The normalized spacial score (nSPS) is 21.9. The summed E-state index contributed by atoms with van der Waals surface area (Å²) in [4.78, 5) is 4.23. The van der Waals surface area contributed by atoms with Gasteiger partial charge in [0, 0.05) is 0 Å². The lowest BCUT2D eigenvalue weighted by Crippen LogP contribution is -1.99. The van der Waals surface area contributed by atoms with Gasteiger partial charge in [-0.1, -0.05) is 48.3 Å². The molecule has 0 spiro atoms. The van der Waals surface area contributed by atoms with E-state index in [0.29, 0.717) is 0 Å². The highest BCUT2D eigenvalue weighted by Crippen LogP contribution is 2.35. The molecule has 2 rings (SSSR count). The van der Waals surface area contributed by atoms with Gasteiger partial charge < -0.3 is 0 Å². The molecular formula is C12H14S2. The van der Waals surface area contributed by atoms with E-state index in [1.54, 1.807) is 0 Å². The molecule has 2 aliphatic carbocycles. The third-order valence-electron chi connectivity index (χ3n) is 2.45. The van der Waals surface area contributed by atoms with Gasteiger partial charge in [-0.3, -0.25) is 0 Å². The quantitative estimate of drug-likeness (QED) is 0.635. The van der Waals surface area contributed by atoms with Gasteiger partial charge in [0.05, 0.1) is 0 Å². The Morgan fingerprint density at radius 3 is 2.71 bits per heavy atom. The minimum atomic E-state index is 1.01. The smallest absolute Gasteiger partial charge is 0.00223 e. The van der Waals surface area contributed by atoms with Crippen molar-refractivity contribution in [1.82, 2.24) is 0 Å². The fourth-order valence-electron chi connectivity index (χ4n) is 1.62. The first-order valence-electron chi connectivity index (χ1n) is 5.09. The summed E-state index contributed by atoms with van der Waals surface area (Å²) in [7, 11) is 0. The van der Waals surface area contributed by atoms with Crippen LogP contribution >= 0.6 is 24.0 Å². The van der Waals surface area contributed by atoms with E-state index in [0.717, 1.165) is 19.3 Å². The first-order valence-corrected chi connectivity index (χ1v) is 6.31. The van der Waals surface area contributed by atoms with Crippen molar-refractivity contribution in [2.75, 3.05) is 0 Å². The van der Waals surface area contributed by atoms with Crippen LogP contribution in [0.15, 0.2) is 34.1 Å². The second-order valence-corrected chi connectivity index (χ2v) is 5.45. The summed E-state index contributed by atoms with van der Waals surface area (Å²) in [6.45, 7) is 0. The maximum absolute atomic E-state index is 5.18. The summed E-state index contributed by atoms with van der Waals surface area (Å²) in [6.07, 6.45) is 14.6. The highest BCUT2D eigenvalue weighted by atomic mass is 32.2. The molecule has 0 saturated heterocycles. The van der Waals surface area contributed by atoms with Crippen LogP contribution in [0.4, 0.5) is 0 Å². The molecule has 0 N–H and O–H groups in total. The molecule has 0 heterocycles. The lowest BCUT2D eigenvalue weighted by Gasteiger charge is -2.15. The summed E-state index contributed by atoms with van der Waals surface area (Å²) in [6, 6.07) is 0. The van der Waals surface area contributed by atoms with Crippen LogP contribution in [-0.4, -0.2) is 4.86 Å². The van der Waals surface area contributed by atoms with E-state index < -0.39 is 0 Å². The average molecular weight is 222 g/mol. The lowest BCUT2D eigenvalue weighted by atomic mass is 10.1. The van der Waals surface area contributed by atoms with Gasteiger partial charge in [-0.15, -0.1) is 0 Å². The van der Waals surface area contributed by atoms with Gasteiger partial charge in [0.2, 0.25) is 0 Å². The molecule has 0 fully saturated rings. The minimum absolute atomic E-state index is 1.01. The number of thioether (sulfide) groups is 1. The highest BCUT2D eigenvalue weighted by molar-refractivity contribution is 8.06. The van der Waals surface area contributed by atoms with Gasteiger partial charge in [-0.05, 0) is 46.8 Å². The molecule has 2 heteroatoms. The third kappa shape index (κ3) is 2.82. The molecule has 2 aliphatic rings. The SMILES string of the molecule is S=C1CC=C(SC2=CC=CCC2)CC1. The van der Waals surface area contributed by atoms with Crippen molar-refractivity contribution in [3.63, 3.8) is 0 Å².